The molecule has 1 aliphatic heterocycles. The minimum atomic E-state index is 0. The third-order valence-electron chi connectivity index (χ3n) is 3.50. The largest absolute Gasteiger partial charge is 0.355 e. The molecule has 0 aliphatic carbocycles. The van der Waals surface area contributed by atoms with Gasteiger partial charge in [-0.3, -0.25) is 14.5 Å². The van der Waals surface area contributed by atoms with Gasteiger partial charge in [0.15, 0.2) is 5.96 Å². The summed E-state index contributed by atoms with van der Waals surface area (Å²) in [5.74, 6) is 2.77. The lowest BCUT2D eigenvalue weighted by atomic mass is 10.3. The molecule has 1 saturated heterocycles. The van der Waals surface area contributed by atoms with Crippen LogP contribution in [0.4, 0.5) is 5.69 Å². The predicted molar refractivity (Wildman–Crippen MR) is 111 cm³/mol. The molecule has 1 amide bonds. The Kier molecular flexibility index (Phi) is 9.19. The molecule has 1 fully saturated rings. The molecule has 134 valence electrons. The van der Waals surface area contributed by atoms with Crippen LogP contribution in [-0.4, -0.2) is 71.3 Å². The number of amides is 1. The number of nitrogens with one attached hydrogen (secondary N) is 1. The van der Waals surface area contributed by atoms with Gasteiger partial charge in [-0.25, -0.2) is 0 Å². The smallest absolute Gasteiger partial charge is 0.246 e. The monoisotopic (exact) mass is 464 g/mol. The molecular formula is C15H25IN6OS. The van der Waals surface area contributed by atoms with E-state index in [9.17, 15) is 4.79 Å². The van der Waals surface area contributed by atoms with Crippen LogP contribution in [0.3, 0.4) is 0 Å². The van der Waals surface area contributed by atoms with E-state index in [1.807, 2.05) is 36.0 Å². The maximum Gasteiger partial charge on any atom is 0.246 e. The van der Waals surface area contributed by atoms with Gasteiger partial charge in [-0.05, 0) is 0 Å². The Labute approximate surface area is 164 Å². The molecule has 0 radical (unpaired) electrons. The first-order chi connectivity index (χ1) is 11.2. The number of rotatable bonds is 6. The number of hydrogen-bond donors (Lipinski definition) is 1. The standard InChI is InChI=1S/C15H24N6OS.HI/c1-4-8-23-9-5-17-15(16-2)20-6-7-21(14(22)12-20)13-10-18-19(3)11-13;/h4,10-11H,1,5-9,12H2,2-3H3,(H,16,17);1H. The van der Waals surface area contributed by atoms with Gasteiger partial charge >= 0.3 is 0 Å². The molecule has 0 aromatic carbocycles. The Morgan fingerprint density at radius 2 is 2.33 bits per heavy atom. The average molecular weight is 464 g/mol. The molecule has 24 heavy (non-hydrogen) atoms. The quantitative estimate of drug-likeness (QED) is 0.225. The highest BCUT2D eigenvalue weighted by Crippen LogP contribution is 2.16. The lowest BCUT2D eigenvalue weighted by molar-refractivity contribution is -0.120. The number of carbonyl (C=O) groups excluding carboxylic acids is 1. The molecule has 2 rings (SSSR count). The Hall–Kier alpha value is -1.23. The highest BCUT2D eigenvalue weighted by atomic mass is 127. The summed E-state index contributed by atoms with van der Waals surface area (Å²) in [5.41, 5.74) is 0.848. The van der Waals surface area contributed by atoms with Gasteiger partial charge in [0.1, 0.15) is 6.54 Å². The van der Waals surface area contributed by atoms with E-state index in [4.69, 9.17) is 0 Å². The van der Waals surface area contributed by atoms with Crippen LogP contribution in [0.25, 0.3) is 0 Å². The SMILES string of the molecule is C=CCSCCNC(=NC)N1CCN(c2cnn(C)c2)C(=O)C1.I. The van der Waals surface area contributed by atoms with Crippen molar-refractivity contribution in [2.24, 2.45) is 12.0 Å². The fraction of sp³-hybridized carbons (Fsp3) is 0.533. The zero-order chi connectivity index (χ0) is 16.7. The van der Waals surface area contributed by atoms with Crippen molar-refractivity contribution in [3.63, 3.8) is 0 Å². The number of aliphatic imine (C=N–C) groups is 1. The molecule has 2 heterocycles. The van der Waals surface area contributed by atoms with E-state index in [0.29, 0.717) is 13.1 Å². The number of hydrogen-bond acceptors (Lipinski definition) is 4. The van der Waals surface area contributed by atoms with Gasteiger partial charge < -0.3 is 15.1 Å². The summed E-state index contributed by atoms with van der Waals surface area (Å²) in [6, 6.07) is 0. The van der Waals surface area contributed by atoms with Crippen LogP contribution in [-0.2, 0) is 11.8 Å². The van der Waals surface area contributed by atoms with Crippen LogP contribution in [0.15, 0.2) is 30.0 Å². The van der Waals surface area contributed by atoms with Crippen LogP contribution in [0.1, 0.15) is 0 Å². The summed E-state index contributed by atoms with van der Waals surface area (Å²) in [7, 11) is 3.59. The van der Waals surface area contributed by atoms with E-state index in [2.05, 4.69) is 22.0 Å². The fourth-order valence-corrected chi connectivity index (χ4v) is 2.99. The Morgan fingerprint density at radius 1 is 1.54 bits per heavy atom. The van der Waals surface area contributed by atoms with E-state index in [1.165, 1.54) is 0 Å². The predicted octanol–water partition coefficient (Wildman–Crippen LogP) is 1.18. The fourth-order valence-electron chi connectivity index (χ4n) is 2.41. The third-order valence-corrected chi connectivity index (χ3v) is 4.46. The molecular weight excluding hydrogens is 439 g/mol. The molecule has 7 nitrogen and oxygen atoms in total. The molecule has 9 heteroatoms. The number of anilines is 1. The van der Waals surface area contributed by atoms with Crippen molar-refractivity contribution in [1.29, 1.82) is 0 Å². The van der Waals surface area contributed by atoms with Crippen LogP contribution in [0.5, 0.6) is 0 Å². The molecule has 1 aromatic rings. The van der Waals surface area contributed by atoms with Crippen molar-refractivity contribution in [3.05, 3.63) is 25.0 Å². The van der Waals surface area contributed by atoms with Gasteiger partial charge in [-0.15, -0.1) is 30.6 Å². The molecule has 0 saturated carbocycles. The highest BCUT2D eigenvalue weighted by molar-refractivity contribution is 14.0. The second-order valence-corrected chi connectivity index (χ2v) is 6.33. The summed E-state index contributed by atoms with van der Waals surface area (Å²) in [6.45, 7) is 6.24. The maximum atomic E-state index is 12.4. The van der Waals surface area contributed by atoms with Gasteiger partial charge in [0, 0.05) is 51.4 Å². The van der Waals surface area contributed by atoms with Crippen molar-refractivity contribution in [2.75, 3.05) is 49.6 Å². The number of halogens is 1. The number of aryl methyl sites for hydroxylation is 1. The van der Waals surface area contributed by atoms with E-state index >= 15 is 0 Å². The number of thioether (sulfide) groups is 1. The van der Waals surface area contributed by atoms with Crippen molar-refractivity contribution in [1.82, 2.24) is 20.0 Å². The molecule has 1 aromatic heterocycles. The molecule has 0 spiro atoms. The van der Waals surface area contributed by atoms with Gasteiger partial charge in [-0.2, -0.15) is 16.9 Å². The van der Waals surface area contributed by atoms with Gasteiger partial charge in [0.05, 0.1) is 11.9 Å². The molecule has 0 atom stereocenters. The molecule has 1 N–H and O–H groups in total. The van der Waals surface area contributed by atoms with E-state index in [1.54, 1.807) is 22.8 Å². The van der Waals surface area contributed by atoms with Crippen molar-refractivity contribution in [3.8, 4) is 0 Å². The number of aromatic nitrogens is 2. The van der Waals surface area contributed by atoms with Crippen LogP contribution in [0, 0.1) is 0 Å². The Bertz CT molecular complexity index is 576. The number of nitrogens with zero attached hydrogens (tertiary/aromatic N) is 5. The Morgan fingerprint density at radius 3 is 2.92 bits per heavy atom. The van der Waals surface area contributed by atoms with E-state index in [-0.39, 0.29) is 29.9 Å². The van der Waals surface area contributed by atoms with Crippen molar-refractivity contribution < 1.29 is 4.79 Å². The summed E-state index contributed by atoms with van der Waals surface area (Å²) >= 11 is 1.81. The molecule has 0 unspecified atom stereocenters. The van der Waals surface area contributed by atoms with Crippen molar-refractivity contribution in [2.45, 2.75) is 0 Å². The van der Waals surface area contributed by atoms with E-state index in [0.717, 1.165) is 36.2 Å². The number of piperazine rings is 1. The number of guanidine groups is 1. The first-order valence-electron chi connectivity index (χ1n) is 7.59. The maximum absolute atomic E-state index is 12.4. The summed E-state index contributed by atoms with van der Waals surface area (Å²) in [4.78, 5) is 20.4. The topological polar surface area (TPSA) is 65.8 Å². The van der Waals surface area contributed by atoms with Crippen LogP contribution in [0.2, 0.25) is 0 Å². The van der Waals surface area contributed by atoms with Crippen molar-refractivity contribution >= 4 is 53.3 Å². The van der Waals surface area contributed by atoms with E-state index < -0.39 is 0 Å². The Balaban J connectivity index is 0.00000288. The molecule has 0 bridgehead atoms. The van der Waals surface area contributed by atoms with Crippen LogP contribution < -0.4 is 10.2 Å². The zero-order valence-electron chi connectivity index (χ0n) is 14.1. The molecule has 1 aliphatic rings. The zero-order valence-corrected chi connectivity index (χ0v) is 17.3. The second kappa shape index (κ2) is 10.6. The first kappa shape index (κ1) is 20.8. The number of carbonyl (C=O) groups is 1. The average Bonchev–Trinajstić information content (AvgIpc) is 2.97. The minimum Gasteiger partial charge on any atom is -0.355 e. The summed E-state index contributed by atoms with van der Waals surface area (Å²) in [5, 5.41) is 7.44. The van der Waals surface area contributed by atoms with Gasteiger partial charge in [0.25, 0.3) is 0 Å². The first-order valence-corrected chi connectivity index (χ1v) is 8.74. The summed E-state index contributed by atoms with van der Waals surface area (Å²) in [6.07, 6.45) is 5.48. The second-order valence-electron chi connectivity index (χ2n) is 5.18. The lowest BCUT2D eigenvalue weighted by Gasteiger charge is -2.35. The van der Waals surface area contributed by atoms with Crippen LogP contribution >= 0.6 is 35.7 Å². The highest BCUT2D eigenvalue weighted by Gasteiger charge is 2.27. The lowest BCUT2D eigenvalue weighted by Crippen LogP contribution is -2.55. The van der Waals surface area contributed by atoms with Gasteiger partial charge in [0.2, 0.25) is 5.91 Å². The summed E-state index contributed by atoms with van der Waals surface area (Å²) < 4.78 is 1.70. The minimum absolute atomic E-state index is 0. The normalized spacial score (nSPS) is 15.2. The third kappa shape index (κ3) is 5.69. The van der Waals surface area contributed by atoms with Gasteiger partial charge in [-0.1, -0.05) is 6.08 Å².